The molecule has 0 unspecified atom stereocenters. The third kappa shape index (κ3) is 7.53. The number of piperazine rings is 1. The molecule has 0 radical (unpaired) electrons. The molecule has 1 aliphatic heterocycles. The summed E-state index contributed by atoms with van der Waals surface area (Å²) < 4.78 is 0. The minimum absolute atomic E-state index is 0.0348. The van der Waals surface area contributed by atoms with Crippen LogP contribution in [0.2, 0.25) is 0 Å². The van der Waals surface area contributed by atoms with E-state index in [4.69, 9.17) is 0 Å². The molecule has 5 heteroatoms. The minimum Gasteiger partial charge on any atom is -0.338 e. The van der Waals surface area contributed by atoms with E-state index < -0.39 is 0 Å². The lowest BCUT2D eigenvalue weighted by molar-refractivity contribution is 0.135. The molecule has 0 aromatic rings. The van der Waals surface area contributed by atoms with Crippen molar-refractivity contribution in [3.05, 3.63) is 0 Å². The van der Waals surface area contributed by atoms with E-state index in [1.54, 1.807) is 0 Å². The number of nitrogens with zero attached hydrogens (tertiary/aromatic N) is 2. The van der Waals surface area contributed by atoms with Gasteiger partial charge in [-0.3, -0.25) is 0 Å². The van der Waals surface area contributed by atoms with Crippen LogP contribution in [-0.2, 0) is 0 Å². The van der Waals surface area contributed by atoms with E-state index in [0.717, 1.165) is 25.8 Å². The van der Waals surface area contributed by atoms with Crippen molar-refractivity contribution < 1.29 is 4.79 Å². The first kappa shape index (κ1) is 18.5. The molecule has 23 heavy (non-hydrogen) atoms. The van der Waals surface area contributed by atoms with Gasteiger partial charge in [0.2, 0.25) is 0 Å². The smallest absolute Gasteiger partial charge is 0.315 e. The molecule has 1 heterocycles. The van der Waals surface area contributed by atoms with Crippen LogP contribution in [0.4, 0.5) is 4.79 Å². The maximum atomic E-state index is 11.8. The number of nitrogens with one attached hydrogen (secondary N) is 2. The average Bonchev–Trinajstić information content (AvgIpc) is 2.59. The molecule has 0 atom stereocenters. The van der Waals surface area contributed by atoms with Crippen LogP contribution in [0, 0.1) is 0 Å². The molecule has 2 fully saturated rings. The summed E-state index contributed by atoms with van der Waals surface area (Å²) >= 11 is 0. The molecule has 0 aromatic carbocycles. The Kier molecular flexibility index (Phi) is 8.76. The maximum absolute atomic E-state index is 11.8. The highest BCUT2D eigenvalue weighted by molar-refractivity contribution is 5.74. The first-order valence-corrected chi connectivity index (χ1v) is 9.77. The largest absolute Gasteiger partial charge is 0.338 e. The Hall–Kier alpha value is -0.810. The quantitative estimate of drug-likeness (QED) is 0.674. The Morgan fingerprint density at radius 1 is 0.957 bits per heavy atom. The monoisotopic (exact) mass is 324 g/mol. The van der Waals surface area contributed by atoms with E-state index in [1.807, 2.05) is 0 Å². The number of amides is 2. The number of hydrogen-bond donors (Lipinski definition) is 2. The molecule has 1 aliphatic carbocycles. The van der Waals surface area contributed by atoms with Gasteiger partial charge in [0, 0.05) is 38.8 Å². The van der Waals surface area contributed by atoms with Crippen molar-refractivity contribution in [2.24, 2.45) is 0 Å². The van der Waals surface area contributed by atoms with Gasteiger partial charge in [-0.15, -0.1) is 0 Å². The lowest BCUT2D eigenvalue weighted by Crippen LogP contribution is -2.46. The molecular formula is C18H36N4O. The summed E-state index contributed by atoms with van der Waals surface area (Å²) in [6, 6.07) is 0.443. The number of unbranched alkanes of at least 4 members (excludes halogenated alkanes) is 2. The van der Waals surface area contributed by atoms with Gasteiger partial charge in [-0.05, 0) is 38.8 Å². The van der Waals surface area contributed by atoms with Gasteiger partial charge in [0.15, 0.2) is 0 Å². The number of carbonyl (C=O) groups excluding carboxylic acids is 1. The van der Waals surface area contributed by atoms with Crippen molar-refractivity contribution in [3.8, 4) is 0 Å². The predicted octanol–water partition coefficient (Wildman–Crippen LogP) is 2.43. The zero-order valence-corrected chi connectivity index (χ0v) is 15.0. The molecule has 1 saturated carbocycles. The molecule has 134 valence electrons. The van der Waals surface area contributed by atoms with Crippen LogP contribution in [0.1, 0.15) is 58.3 Å². The molecule has 0 bridgehead atoms. The fourth-order valence-electron chi connectivity index (χ4n) is 3.65. The van der Waals surface area contributed by atoms with Crippen molar-refractivity contribution in [3.63, 3.8) is 0 Å². The summed E-state index contributed by atoms with van der Waals surface area (Å²) in [5.74, 6) is 0. The summed E-state index contributed by atoms with van der Waals surface area (Å²) in [5, 5.41) is 6.12. The van der Waals surface area contributed by atoms with Gasteiger partial charge in [0.1, 0.15) is 0 Å². The van der Waals surface area contributed by atoms with Gasteiger partial charge in [-0.1, -0.05) is 32.6 Å². The lowest BCUT2D eigenvalue weighted by Gasteiger charge is -2.33. The second-order valence-corrected chi connectivity index (χ2v) is 7.07. The summed E-state index contributed by atoms with van der Waals surface area (Å²) in [4.78, 5) is 16.9. The van der Waals surface area contributed by atoms with Gasteiger partial charge >= 0.3 is 6.03 Å². The highest BCUT2D eigenvalue weighted by atomic mass is 16.2. The Labute approximate surface area is 142 Å². The molecular weight excluding hydrogens is 288 g/mol. The molecule has 5 nitrogen and oxygen atoms in total. The predicted molar refractivity (Wildman–Crippen MR) is 95.8 cm³/mol. The number of urea groups is 1. The van der Waals surface area contributed by atoms with Gasteiger partial charge in [0.25, 0.3) is 0 Å². The average molecular weight is 325 g/mol. The second-order valence-electron chi connectivity index (χ2n) is 7.07. The topological polar surface area (TPSA) is 47.6 Å². The molecule has 2 amide bonds. The zero-order chi connectivity index (χ0) is 16.3. The van der Waals surface area contributed by atoms with E-state index in [0.29, 0.717) is 6.04 Å². The maximum Gasteiger partial charge on any atom is 0.315 e. The Bertz CT molecular complexity index is 323. The Morgan fingerprint density at radius 3 is 2.35 bits per heavy atom. The van der Waals surface area contributed by atoms with E-state index in [-0.39, 0.29) is 6.03 Å². The molecule has 2 rings (SSSR count). The summed E-state index contributed by atoms with van der Waals surface area (Å²) in [6.45, 7) is 10.3. The van der Waals surface area contributed by atoms with Crippen LogP contribution < -0.4 is 10.6 Å². The van der Waals surface area contributed by atoms with Crippen LogP contribution in [-0.4, -0.2) is 67.7 Å². The van der Waals surface area contributed by atoms with Crippen LogP contribution in [0.25, 0.3) is 0 Å². The van der Waals surface area contributed by atoms with E-state index in [9.17, 15) is 4.79 Å². The minimum atomic E-state index is 0.0348. The first-order chi connectivity index (χ1) is 11.3. The molecule has 0 spiro atoms. The number of rotatable bonds is 8. The molecule has 2 N–H and O–H groups in total. The van der Waals surface area contributed by atoms with E-state index in [2.05, 4.69) is 27.4 Å². The summed E-state index contributed by atoms with van der Waals surface area (Å²) in [6.07, 6.45) is 9.70. The first-order valence-electron chi connectivity index (χ1n) is 9.77. The molecule has 2 aliphatic rings. The second kappa shape index (κ2) is 10.9. The fourth-order valence-corrected chi connectivity index (χ4v) is 3.65. The van der Waals surface area contributed by atoms with Crippen LogP contribution in [0.15, 0.2) is 0 Å². The van der Waals surface area contributed by atoms with E-state index >= 15 is 0 Å². The molecule has 0 aromatic heterocycles. The third-order valence-corrected chi connectivity index (χ3v) is 5.29. The Balaban J connectivity index is 1.41. The van der Waals surface area contributed by atoms with Gasteiger partial charge < -0.3 is 20.4 Å². The zero-order valence-electron chi connectivity index (χ0n) is 15.0. The SMILES string of the molecule is CCN1CCN(CCCCCNC(=O)NC2CCCCC2)CC1. The highest BCUT2D eigenvalue weighted by Crippen LogP contribution is 2.17. The van der Waals surface area contributed by atoms with Gasteiger partial charge in [-0.2, -0.15) is 0 Å². The van der Waals surface area contributed by atoms with Crippen molar-refractivity contribution in [2.75, 3.05) is 45.8 Å². The van der Waals surface area contributed by atoms with Gasteiger partial charge in [0.05, 0.1) is 0 Å². The number of hydrogen-bond acceptors (Lipinski definition) is 3. The lowest BCUT2D eigenvalue weighted by atomic mass is 9.96. The van der Waals surface area contributed by atoms with Crippen LogP contribution >= 0.6 is 0 Å². The third-order valence-electron chi connectivity index (χ3n) is 5.29. The van der Waals surface area contributed by atoms with Gasteiger partial charge in [-0.25, -0.2) is 4.79 Å². The van der Waals surface area contributed by atoms with Crippen molar-refractivity contribution in [2.45, 2.75) is 64.3 Å². The van der Waals surface area contributed by atoms with Crippen molar-refractivity contribution in [1.29, 1.82) is 0 Å². The van der Waals surface area contributed by atoms with E-state index in [1.165, 1.54) is 71.4 Å². The Morgan fingerprint density at radius 2 is 1.65 bits per heavy atom. The highest BCUT2D eigenvalue weighted by Gasteiger charge is 2.15. The summed E-state index contributed by atoms with van der Waals surface area (Å²) in [5.41, 5.74) is 0. The van der Waals surface area contributed by atoms with Crippen molar-refractivity contribution >= 4 is 6.03 Å². The normalized spacial score (nSPS) is 21.3. The summed E-state index contributed by atoms with van der Waals surface area (Å²) in [7, 11) is 0. The molecule has 1 saturated heterocycles. The standard InChI is InChI=1S/C18H36N4O/c1-2-21-13-15-22(16-14-21)12-8-4-7-11-19-18(23)20-17-9-5-3-6-10-17/h17H,2-16H2,1H3,(H2,19,20,23). The van der Waals surface area contributed by atoms with Crippen LogP contribution in [0.5, 0.6) is 0 Å². The van der Waals surface area contributed by atoms with Crippen molar-refractivity contribution in [1.82, 2.24) is 20.4 Å². The number of likely N-dealkylation sites (N-methyl/N-ethyl adjacent to an activating group) is 1. The number of carbonyl (C=O) groups is 1. The fraction of sp³-hybridized carbons (Fsp3) is 0.944. The van der Waals surface area contributed by atoms with Crippen LogP contribution in [0.3, 0.4) is 0 Å².